The van der Waals surface area contributed by atoms with Gasteiger partial charge >= 0.3 is 0 Å². The molecule has 0 saturated carbocycles. The van der Waals surface area contributed by atoms with Gasteiger partial charge in [-0.15, -0.1) is 0 Å². The highest BCUT2D eigenvalue weighted by Gasteiger charge is 2.18. The van der Waals surface area contributed by atoms with Crippen molar-refractivity contribution in [1.82, 2.24) is 10.2 Å². The third-order valence-corrected chi connectivity index (χ3v) is 2.97. The van der Waals surface area contributed by atoms with Crippen molar-refractivity contribution in [2.24, 2.45) is 0 Å². The second-order valence-corrected chi connectivity index (χ2v) is 4.48. The van der Waals surface area contributed by atoms with Crippen molar-refractivity contribution in [1.29, 1.82) is 0 Å². The molecule has 94 valence electrons. The predicted octanol–water partition coefficient (Wildman–Crippen LogP) is -0.678. The summed E-state index contributed by atoms with van der Waals surface area (Å²) in [6.45, 7) is 6.78. The predicted molar refractivity (Wildman–Crippen MR) is 60.7 cm³/mol. The fourth-order valence-electron chi connectivity index (χ4n) is 2.05. The summed E-state index contributed by atoms with van der Waals surface area (Å²) >= 11 is 0. The summed E-state index contributed by atoms with van der Waals surface area (Å²) in [5, 5.41) is 3.39. The Morgan fingerprint density at radius 3 is 2.69 bits per heavy atom. The normalized spacial score (nSPS) is 32.8. The molecule has 2 aliphatic heterocycles. The SMILES string of the molecule is CN1CCOC(CNCC2COCCO2)C1. The van der Waals surface area contributed by atoms with Gasteiger partial charge in [-0.3, -0.25) is 0 Å². The largest absolute Gasteiger partial charge is 0.376 e. The van der Waals surface area contributed by atoms with Gasteiger partial charge in [0.25, 0.3) is 0 Å². The summed E-state index contributed by atoms with van der Waals surface area (Å²) in [4.78, 5) is 2.30. The lowest BCUT2D eigenvalue weighted by Gasteiger charge is -2.31. The highest BCUT2D eigenvalue weighted by Crippen LogP contribution is 2.02. The molecule has 2 saturated heterocycles. The minimum absolute atomic E-state index is 0.204. The zero-order valence-corrected chi connectivity index (χ0v) is 9.98. The lowest BCUT2D eigenvalue weighted by molar-refractivity contribution is -0.0879. The van der Waals surface area contributed by atoms with Crippen molar-refractivity contribution in [2.45, 2.75) is 12.2 Å². The number of hydrogen-bond donors (Lipinski definition) is 1. The van der Waals surface area contributed by atoms with Crippen LogP contribution in [0.4, 0.5) is 0 Å². The number of ether oxygens (including phenoxy) is 3. The monoisotopic (exact) mass is 230 g/mol. The van der Waals surface area contributed by atoms with Gasteiger partial charge in [0.15, 0.2) is 0 Å². The molecular formula is C11H22N2O3. The van der Waals surface area contributed by atoms with Crippen molar-refractivity contribution in [2.75, 3.05) is 59.7 Å². The Kier molecular flexibility index (Phi) is 4.99. The summed E-state index contributed by atoms with van der Waals surface area (Å²) < 4.78 is 16.5. The maximum atomic E-state index is 5.66. The van der Waals surface area contributed by atoms with Crippen molar-refractivity contribution < 1.29 is 14.2 Å². The van der Waals surface area contributed by atoms with E-state index in [2.05, 4.69) is 17.3 Å². The average Bonchev–Trinajstić information content (AvgIpc) is 2.30. The summed E-state index contributed by atoms with van der Waals surface area (Å²) in [5.41, 5.74) is 0. The molecule has 2 unspecified atom stereocenters. The first-order valence-electron chi connectivity index (χ1n) is 6.05. The lowest BCUT2D eigenvalue weighted by atomic mass is 10.2. The Hall–Kier alpha value is -0.200. The number of likely N-dealkylation sites (N-methyl/N-ethyl adjacent to an activating group) is 1. The molecule has 0 bridgehead atoms. The van der Waals surface area contributed by atoms with Crippen LogP contribution in [0.25, 0.3) is 0 Å². The van der Waals surface area contributed by atoms with Crippen LogP contribution >= 0.6 is 0 Å². The maximum absolute atomic E-state index is 5.66. The van der Waals surface area contributed by atoms with Crippen LogP contribution < -0.4 is 5.32 Å². The summed E-state index contributed by atoms with van der Waals surface area (Å²) in [6, 6.07) is 0. The zero-order chi connectivity index (χ0) is 11.2. The van der Waals surface area contributed by atoms with E-state index >= 15 is 0 Å². The fourth-order valence-corrected chi connectivity index (χ4v) is 2.05. The van der Waals surface area contributed by atoms with E-state index in [1.165, 1.54) is 0 Å². The van der Waals surface area contributed by atoms with E-state index in [1.54, 1.807) is 0 Å². The van der Waals surface area contributed by atoms with Crippen LogP contribution in [0.3, 0.4) is 0 Å². The van der Waals surface area contributed by atoms with E-state index in [0.29, 0.717) is 12.7 Å². The second-order valence-electron chi connectivity index (χ2n) is 4.48. The molecule has 2 heterocycles. The van der Waals surface area contributed by atoms with Gasteiger partial charge < -0.3 is 24.4 Å². The Labute approximate surface area is 97.0 Å². The quantitative estimate of drug-likeness (QED) is 0.693. The molecule has 1 N–H and O–H groups in total. The van der Waals surface area contributed by atoms with Crippen LogP contribution in [0.5, 0.6) is 0 Å². The summed E-state index contributed by atoms with van der Waals surface area (Å²) in [6.07, 6.45) is 0.512. The minimum Gasteiger partial charge on any atom is -0.376 e. The Morgan fingerprint density at radius 1 is 1.12 bits per heavy atom. The molecule has 0 aromatic carbocycles. The molecule has 2 rings (SSSR count). The summed E-state index contributed by atoms with van der Waals surface area (Å²) in [7, 11) is 2.13. The molecule has 2 fully saturated rings. The molecule has 0 radical (unpaired) electrons. The highest BCUT2D eigenvalue weighted by molar-refractivity contribution is 4.72. The van der Waals surface area contributed by atoms with E-state index in [9.17, 15) is 0 Å². The van der Waals surface area contributed by atoms with Gasteiger partial charge in [-0.05, 0) is 7.05 Å². The van der Waals surface area contributed by atoms with Crippen LogP contribution in [0.1, 0.15) is 0 Å². The van der Waals surface area contributed by atoms with Gasteiger partial charge in [0, 0.05) is 26.2 Å². The number of hydrogen-bond acceptors (Lipinski definition) is 5. The van der Waals surface area contributed by atoms with E-state index in [1.807, 2.05) is 0 Å². The molecular weight excluding hydrogens is 208 g/mol. The third-order valence-electron chi connectivity index (χ3n) is 2.97. The van der Waals surface area contributed by atoms with Gasteiger partial charge in [-0.25, -0.2) is 0 Å². The molecule has 16 heavy (non-hydrogen) atoms. The number of nitrogens with one attached hydrogen (secondary N) is 1. The maximum Gasteiger partial charge on any atom is 0.0933 e. The standard InChI is InChI=1S/C11H22N2O3/c1-13-2-3-15-10(8-13)6-12-7-11-9-14-4-5-16-11/h10-12H,2-9H2,1H3. The minimum atomic E-state index is 0.204. The number of nitrogens with zero attached hydrogens (tertiary/aromatic N) is 1. The average molecular weight is 230 g/mol. The first-order valence-corrected chi connectivity index (χ1v) is 6.05. The van der Waals surface area contributed by atoms with Crippen LogP contribution in [-0.4, -0.2) is 76.8 Å². The second kappa shape index (κ2) is 6.51. The molecule has 0 aliphatic carbocycles. The lowest BCUT2D eigenvalue weighted by Crippen LogP contribution is -2.47. The number of rotatable bonds is 4. The third kappa shape index (κ3) is 3.99. The first-order chi connectivity index (χ1) is 7.84. The van der Waals surface area contributed by atoms with Gasteiger partial charge in [0.1, 0.15) is 0 Å². The summed E-state index contributed by atoms with van der Waals surface area (Å²) in [5.74, 6) is 0. The van der Waals surface area contributed by atoms with Crippen molar-refractivity contribution in [3.8, 4) is 0 Å². The van der Waals surface area contributed by atoms with E-state index in [0.717, 1.165) is 46.0 Å². The van der Waals surface area contributed by atoms with Gasteiger partial charge in [0.2, 0.25) is 0 Å². The molecule has 5 heteroatoms. The number of morpholine rings is 1. The van der Waals surface area contributed by atoms with Crippen LogP contribution in [-0.2, 0) is 14.2 Å². The fraction of sp³-hybridized carbons (Fsp3) is 1.00. The van der Waals surface area contributed by atoms with Crippen molar-refractivity contribution >= 4 is 0 Å². The van der Waals surface area contributed by atoms with Gasteiger partial charge in [-0.2, -0.15) is 0 Å². The van der Waals surface area contributed by atoms with Crippen molar-refractivity contribution in [3.05, 3.63) is 0 Å². The van der Waals surface area contributed by atoms with Crippen LogP contribution in [0.15, 0.2) is 0 Å². The molecule has 0 aromatic heterocycles. The molecule has 5 nitrogen and oxygen atoms in total. The Bertz CT molecular complexity index is 198. The van der Waals surface area contributed by atoms with E-state index in [4.69, 9.17) is 14.2 Å². The molecule has 2 atom stereocenters. The van der Waals surface area contributed by atoms with Gasteiger partial charge in [0.05, 0.1) is 38.6 Å². The topological polar surface area (TPSA) is 43.0 Å². The van der Waals surface area contributed by atoms with Crippen LogP contribution in [0.2, 0.25) is 0 Å². The van der Waals surface area contributed by atoms with Gasteiger partial charge in [-0.1, -0.05) is 0 Å². The Morgan fingerprint density at radius 2 is 1.94 bits per heavy atom. The van der Waals surface area contributed by atoms with E-state index < -0.39 is 0 Å². The Balaban J connectivity index is 1.56. The zero-order valence-electron chi connectivity index (χ0n) is 9.98. The van der Waals surface area contributed by atoms with E-state index in [-0.39, 0.29) is 6.10 Å². The van der Waals surface area contributed by atoms with Crippen molar-refractivity contribution in [3.63, 3.8) is 0 Å². The molecule has 0 amide bonds. The molecule has 0 spiro atoms. The molecule has 0 aromatic rings. The van der Waals surface area contributed by atoms with Crippen LogP contribution in [0, 0.1) is 0 Å². The smallest absolute Gasteiger partial charge is 0.0933 e. The first kappa shape index (κ1) is 12.3. The molecule has 2 aliphatic rings. The highest BCUT2D eigenvalue weighted by atomic mass is 16.6.